The van der Waals surface area contributed by atoms with Crippen LogP contribution in [0.25, 0.3) is 0 Å². The molecular weight excluding hydrogens is 270 g/mol. The van der Waals surface area contributed by atoms with Crippen molar-refractivity contribution in [2.75, 3.05) is 7.11 Å². The molecule has 0 amide bonds. The zero-order chi connectivity index (χ0) is 15.2. The lowest BCUT2D eigenvalue weighted by Gasteiger charge is -2.11. The summed E-state index contributed by atoms with van der Waals surface area (Å²) in [5.74, 6) is 1.88. The van der Waals surface area contributed by atoms with Gasteiger partial charge in [0.1, 0.15) is 29.5 Å². The smallest absolute Gasteiger partial charge is 0.132 e. The lowest BCUT2D eigenvalue weighted by atomic mass is 10.2. The first-order chi connectivity index (χ1) is 10.1. The van der Waals surface area contributed by atoms with Crippen molar-refractivity contribution in [2.24, 2.45) is 5.92 Å². The highest BCUT2D eigenvalue weighted by Gasteiger charge is 2.14. The van der Waals surface area contributed by atoms with Crippen LogP contribution in [0.15, 0.2) is 24.3 Å². The van der Waals surface area contributed by atoms with Crippen molar-refractivity contribution in [3.05, 3.63) is 35.7 Å². The van der Waals surface area contributed by atoms with Crippen LogP contribution in [0.4, 0.5) is 0 Å². The average Bonchev–Trinajstić information content (AvgIpc) is 2.86. The maximum Gasteiger partial charge on any atom is 0.132 e. The third kappa shape index (κ3) is 3.95. The molecule has 1 N–H and O–H groups in total. The first-order valence-corrected chi connectivity index (χ1v) is 6.93. The van der Waals surface area contributed by atoms with Crippen LogP contribution in [0.1, 0.15) is 25.2 Å². The van der Waals surface area contributed by atoms with Gasteiger partial charge in [-0.1, -0.05) is 25.1 Å². The normalized spacial score (nSPS) is 10.9. The van der Waals surface area contributed by atoms with E-state index >= 15 is 0 Å². The monoisotopic (exact) mass is 291 g/mol. The topological polar surface area (TPSA) is 69.4 Å². The molecule has 0 aliphatic heterocycles. The fourth-order valence-corrected chi connectivity index (χ4v) is 1.98. The van der Waals surface area contributed by atoms with Gasteiger partial charge in [0.25, 0.3) is 0 Å². The van der Waals surface area contributed by atoms with E-state index in [4.69, 9.17) is 9.47 Å². The summed E-state index contributed by atoms with van der Waals surface area (Å²) in [5, 5.41) is 17.4. The van der Waals surface area contributed by atoms with Crippen molar-refractivity contribution < 1.29 is 14.6 Å². The lowest BCUT2D eigenvalue weighted by molar-refractivity contribution is 0.259. The zero-order valence-electron chi connectivity index (χ0n) is 12.6. The van der Waals surface area contributed by atoms with Crippen LogP contribution in [0, 0.1) is 5.92 Å². The number of ether oxygens (including phenoxy) is 2. The lowest BCUT2D eigenvalue weighted by Crippen LogP contribution is -2.12. The van der Waals surface area contributed by atoms with Crippen molar-refractivity contribution in [1.29, 1.82) is 0 Å². The van der Waals surface area contributed by atoms with E-state index in [0.29, 0.717) is 24.0 Å². The molecule has 1 aromatic carbocycles. The third-order valence-electron chi connectivity index (χ3n) is 3.02. The number of aliphatic hydroxyl groups excluding tert-OH is 1. The highest BCUT2D eigenvalue weighted by atomic mass is 16.5. The van der Waals surface area contributed by atoms with E-state index in [9.17, 15) is 5.11 Å². The van der Waals surface area contributed by atoms with E-state index in [1.807, 2.05) is 24.3 Å². The summed E-state index contributed by atoms with van der Waals surface area (Å²) in [5.41, 5.74) is 1.35. The maximum absolute atomic E-state index is 9.35. The number of hydrogen-bond acceptors (Lipinski definition) is 5. The first-order valence-electron chi connectivity index (χ1n) is 6.93. The molecule has 21 heavy (non-hydrogen) atoms. The van der Waals surface area contributed by atoms with Gasteiger partial charge in [-0.25, -0.2) is 4.68 Å². The van der Waals surface area contributed by atoms with Crippen molar-refractivity contribution in [3.8, 4) is 11.5 Å². The second-order valence-electron chi connectivity index (χ2n) is 5.18. The van der Waals surface area contributed by atoms with E-state index in [1.54, 1.807) is 11.8 Å². The van der Waals surface area contributed by atoms with E-state index in [0.717, 1.165) is 18.0 Å². The Hall–Kier alpha value is -2.08. The van der Waals surface area contributed by atoms with Crippen LogP contribution < -0.4 is 9.47 Å². The number of methoxy groups -OCH3 is 1. The molecule has 0 aliphatic rings. The summed E-state index contributed by atoms with van der Waals surface area (Å²) in [6.07, 6.45) is 0. The molecule has 2 rings (SSSR count). The van der Waals surface area contributed by atoms with Gasteiger partial charge >= 0.3 is 0 Å². The molecule has 0 saturated heterocycles. The van der Waals surface area contributed by atoms with E-state index in [1.165, 1.54) is 0 Å². The largest absolute Gasteiger partial charge is 0.497 e. The van der Waals surface area contributed by atoms with Crippen LogP contribution in [0.3, 0.4) is 0 Å². The van der Waals surface area contributed by atoms with Crippen LogP contribution in [0.2, 0.25) is 0 Å². The summed E-state index contributed by atoms with van der Waals surface area (Å²) in [4.78, 5) is 0. The van der Waals surface area contributed by atoms with Crippen molar-refractivity contribution in [3.63, 3.8) is 0 Å². The number of benzene rings is 1. The van der Waals surface area contributed by atoms with Gasteiger partial charge in [0.05, 0.1) is 13.7 Å². The number of hydrogen-bond donors (Lipinski definition) is 1. The fraction of sp³-hybridized carbons (Fsp3) is 0.467. The Bertz CT molecular complexity index is 581. The number of aliphatic hydroxyl groups is 1. The zero-order valence-corrected chi connectivity index (χ0v) is 12.6. The highest BCUT2D eigenvalue weighted by molar-refractivity contribution is 5.33. The van der Waals surface area contributed by atoms with Crippen molar-refractivity contribution >= 4 is 0 Å². The molecule has 1 aromatic heterocycles. The summed E-state index contributed by atoms with van der Waals surface area (Å²) >= 11 is 0. The summed E-state index contributed by atoms with van der Waals surface area (Å²) < 4.78 is 12.7. The Labute approximate surface area is 124 Å². The van der Waals surface area contributed by atoms with Gasteiger partial charge < -0.3 is 14.6 Å². The molecule has 0 atom stereocenters. The van der Waals surface area contributed by atoms with Crippen LogP contribution >= 0.6 is 0 Å². The molecular formula is C15H21N3O3. The number of rotatable bonds is 7. The maximum atomic E-state index is 9.35. The molecule has 6 heteroatoms. The Morgan fingerprint density at radius 2 is 2.05 bits per heavy atom. The molecule has 1 heterocycles. The Kier molecular flexibility index (Phi) is 5.16. The van der Waals surface area contributed by atoms with Crippen molar-refractivity contribution in [2.45, 2.75) is 33.6 Å². The molecule has 0 saturated carbocycles. The van der Waals surface area contributed by atoms with Gasteiger partial charge in [0, 0.05) is 12.6 Å². The highest BCUT2D eigenvalue weighted by Crippen LogP contribution is 2.20. The quantitative estimate of drug-likeness (QED) is 0.845. The summed E-state index contributed by atoms with van der Waals surface area (Å²) in [7, 11) is 1.62. The predicted molar refractivity (Wildman–Crippen MR) is 78.1 cm³/mol. The Morgan fingerprint density at radius 1 is 1.29 bits per heavy atom. The molecule has 0 radical (unpaired) electrons. The minimum absolute atomic E-state index is 0.144. The fourth-order valence-electron chi connectivity index (χ4n) is 1.98. The van der Waals surface area contributed by atoms with Crippen LogP contribution in [-0.4, -0.2) is 27.2 Å². The molecule has 0 unspecified atom stereocenters. The van der Waals surface area contributed by atoms with E-state index in [-0.39, 0.29) is 6.61 Å². The van der Waals surface area contributed by atoms with Crippen molar-refractivity contribution in [1.82, 2.24) is 15.0 Å². The summed E-state index contributed by atoms with van der Waals surface area (Å²) in [6, 6.07) is 7.40. The molecule has 0 aliphatic carbocycles. The predicted octanol–water partition coefficient (Wildman–Crippen LogP) is 2.01. The number of aromatic nitrogens is 3. The van der Waals surface area contributed by atoms with Gasteiger partial charge in [-0.2, -0.15) is 0 Å². The Balaban J connectivity index is 2.12. The molecule has 6 nitrogen and oxygen atoms in total. The Morgan fingerprint density at radius 3 is 2.71 bits per heavy atom. The first kappa shape index (κ1) is 15.3. The molecule has 0 spiro atoms. The van der Waals surface area contributed by atoms with Gasteiger partial charge in [-0.3, -0.25) is 0 Å². The van der Waals surface area contributed by atoms with Gasteiger partial charge in [0.2, 0.25) is 0 Å². The third-order valence-corrected chi connectivity index (χ3v) is 3.02. The number of nitrogens with zero attached hydrogens (tertiary/aromatic N) is 3. The molecule has 0 bridgehead atoms. The SMILES string of the molecule is COc1cccc(OCc2c(CO)nnn2CC(C)C)c1. The van der Waals surface area contributed by atoms with Gasteiger partial charge in [-0.05, 0) is 18.1 Å². The second kappa shape index (κ2) is 7.08. The van der Waals surface area contributed by atoms with Gasteiger partial charge in [-0.15, -0.1) is 5.10 Å². The van der Waals surface area contributed by atoms with Gasteiger partial charge in [0.15, 0.2) is 0 Å². The minimum atomic E-state index is -0.144. The second-order valence-corrected chi connectivity index (χ2v) is 5.18. The molecule has 2 aromatic rings. The van der Waals surface area contributed by atoms with E-state index in [2.05, 4.69) is 24.2 Å². The van der Waals surface area contributed by atoms with Crippen LogP contribution in [-0.2, 0) is 19.8 Å². The van der Waals surface area contributed by atoms with E-state index < -0.39 is 0 Å². The minimum Gasteiger partial charge on any atom is -0.497 e. The molecule has 114 valence electrons. The van der Waals surface area contributed by atoms with Crippen LogP contribution in [0.5, 0.6) is 11.5 Å². The average molecular weight is 291 g/mol. The standard InChI is InChI=1S/C15H21N3O3/c1-11(2)8-18-15(14(9-19)16-17-18)10-21-13-6-4-5-12(7-13)20-3/h4-7,11,19H,8-10H2,1-3H3. The summed E-state index contributed by atoms with van der Waals surface area (Å²) in [6.45, 7) is 5.11. The molecule has 0 fully saturated rings.